The maximum Gasteiger partial charge on any atom is 0.159 e. The smallest absolute Gasteiger partial charge is 0.159 e. The van der Waals surface area contributed by atoms with Crippen molar-refractivity contribution in [2.75, 3.05) is 0 Å². The van der Waals surface area contributed by atoms with Crippen molar-refractivity contribution in [1.82, 2.24) is 29.1 Å². The quantitative estimate of drug-likeness (QED) is 0.154. The van der Waals surface area contributed by atoms with Crippen LogP contribution in [0.4, 0.5) is 0 Å². The van der Waals surface area contributed by atoms with Crippen molar-refractivity contribution < 1.29 is 9.47 Å². The van der Waals surface area contributed by atoms with Gasteiger partial charge in [0.25, 0.3) is 0 Å². The van der Waals surface area contributed by atoms with Gasteiger partial charge in [0.05, 0.1) is 27.6 Å². The minimum absolute atomic E-state index is 0.549. The second-order valence-corrected chi connectivity index (χ2v) is 13.9. The van der Waals surface area contributed by atoms with Crippen LogP contribution in [0.1, 0.15) is 0 Å². The molecule has 0 aliphatic carbocycles. The van der Waals surface area contributed by atoms with Gasteiger partial charge in [0.1, 0.15) is 34.6 Å². The molecule has 5 aromatic heterocycles. The van der Waals surface area contributed by atoms with Crippen molar-refractivity contribution in [2.45, 2.75) is 0 Å². The Morgan fingerprint density at radius 2 is 0.810 bits per heavy atom. The number of hydrogen-bond donors (Lipinski definition) is 0. The largest absolute Gasteiger partial charge is 0.456 e. The molecule has 0 saturated carbocycles. The Kier molecular flexibility index (Phi) is 7.96. The predicted molar refractivity (Wildman–Crippen MR) is 230 cm³/mol. The standard InChI is InChI=1S/C50H32N6O2/c1-2-13-33(14-3-1)49-45(57-35-21-23-39-37-15-4-6-17-41(37)55(43(39)31-35)47-19-8-10-25-51-47)29-34(50-53-27-12-28-54-50)30-46(49)58-36-22-24-40-38-16-5-7-18-42(38)56(44(40)32-36)48-20-9-11-26-52-48/h1-32H. The van der Waals surface area contributed by atoms with E-state index in [2.05, 4.69) is 104 Å². The Morgan fingerprint density at radius 1 is 0.345 bits per heavy atom. The lowest BCUT2D eigenvalue weighted by Gasteiger charge is -2.19. The monoisotopic (exact) mass is 748 g/mol. The number of para-hydroxylation sites is 2. The molecule has 0 saturated heterocycles. The second-order valence-electron chi connectivity index (χ2n) is 13.9. The number of pyridine rings is 2. The highest BCUT2D eigenvalue weighted by atomic mass is 16.5. The molecule has 0 radical (unpaired) electrons. The molecule has 0 amide bonds. The summed E-state index contributed by atoms with van der Waals surface area (Å²) >= 11 is 0. The number of fused-ring (bicyclic) bond motifs is 6. The van der Waals surface area contributed by atoms with Crippen molar-refractivity contribution in [3.05, 3.63) is 195 Å². The van der Waals surface area contributed by atoms with Gasteiger partial charge in [0.15, 0.2) is 5.82 Å². The van der Waals surface area contributed by atoms with Crippen LogP contribution in [0.25, 0.3) is 77.8 Å². The van der Waals surface area contributed by atoms with Crippen molar-refractivity contribution in [1.29, 1.82) is 0 Å². The van der Waals surface area contributed by atoms with E-state index in [1.165, 1.54) is 0 Å². The summed E-state index contributed by atoms with van der Waals surface area (Å²) < 4.78 is 18.4. The summed E-state index contributed by atoms with van der Waals surface area (Å²) in [5, 5.41) is 4.48. The van der Waals surface area contributed by atoms with Gasteiger partial charge >= 0.3 is 0 Å². The molecule has 8 heteroatoms. The van der Waals surface area contributed by atoms with Gasteiger partial charge in [-0.15, -0.1) is 0 Å². The third-order valence-corrected chi connectivity index (χ3v) is 10.5. The summed E-state index contributed by atoms with van der Waals surface area (Å²) in [5.74, 6) is 4.70. The topological polar surface area (TPSA) is 79.9 Å². The molecule has 0 N–H and O–H groups in total. The normalized spacial score (nSPS) is 11.4. The summed E-state index contributed by atoms with van der Waals surface area (Å²) in [5.41, 5.74) is 6.56. The van der Waals surface area contributed by atoms with Crippen molar-refractivity contribution in [3.63, 3.8) is 0 Å². The van der Waals surface area contributed by atoms with E-state index in [9.17, 15) is 0 Å². The Morgan fingerprint density at radius 3 is 1.33 bits per heavy atom. The van der Waals surface area contributed by atoms with E-state index in [1.807, 2.05) is 97.3 Å². The van der Waals surface area contributed by atoms with Gasteiger partial charge < -0.3 is 9.47 Å². The van der Waals surface area contributed by atoms with E-state index in [1.54, 1.807) is 12.4 Å². The first-order valence-corrected chi connectivity index (χ1v) is 19.0. The van der Waals surface area contributed by atoms with E-state index >= 15 is 0 Å². The highest BCUT2D eigenvalue weighted by Gasteiger charge is 2.21. The summed E-state index contributed by atoms with van der Waals surface area (Å²) in [6.45, 7) is 0. The number of rotatable bonds is 8. The van der Waals surface area contributed by atoms with Crippen molar-refractivity contribution in [3.8, 4) is 57.1 Å². The van der Waals surface area contributed by atoms with Crippen LogP contribution < -0.4 is 9.47 Å². The van der Waals surface area contributed by atoms with E-state index in [-0.39, 0.29) is 0 Å². The maximum atomic E-state index is 7.00. The minimum Gasteiger partial charge on any atom is -0.456 e. The van der Waals surface area contributed by atoms with Gasteiger partial charge in [-0.25, -0.2) is 19.9 Å². The van der Waals surface area contributed by atoms with Crippen molar-refractivity contribution in [2.24, 2.45) is 0 Å². The molecule has 0 bridgehead atoms. The third-order valence-electron chi connectivity index (χ3n) is 10.5. The molecule has 274 valence electrons. The first kappa shape index (κ1) is 33.3. The van der Waals surface area contributed by atoms with E-state index in [0.29, 0.717) is 28.8 Å². The molecular formula is C50H32N6O2. The molecule has 11 aromatic rings. The van der Waals surface area contributed by atoms with Gasteiger partial charge in [-0.05, 0) is 84.4 Å². The lowest BCUT2D eigenvalue weighted by Crippen LogP contribution is -1.98. The Labute approximate surface area is 332 Å². The lowest BCUT2D eigenvalue weighted by atomic mass is 10.0. The molecule has 0 fully saturated rings. The fourth-order valence-electron chi connectivity index (χ4n) is 7.96. The SMILES string of the molecule is c1ccc(-c2c(Oc3ccc4c5ccccc5n(-c5ccccn5)c4c3)cc(-c3ncccn3)cc2Oc2ccc3c4ccccc4n(-c4ccccn4)c3c2)cc1. The summed E-state index contributed by atoms with van der Waals surface area (Å²) in [6, 6.07) is 57.1. The Balaban J connectivity index is 1.10. The van der Waals surface area contributed by atoms with Gasteiger partial charge in [-0.1, -0.05) is 78.9 Å². The predicted octanol–water partition coefficient (Wildman–Crippen LogP) is 12.4. The number of hydrogen-bond acceptors (Lipinski definition) is 6. The summed E-state index contributed by atoms with van der Waals surface area (Å²) in [4.78, 5) is 18.7. The molecular weight excluding hydrogens is 717 g/mol. The van der Waals surface area contributed by atoms with Gasteiger partial charge in [0.2, 0.25) is 0 Å². The number of aromatic nitrogens is 6. The molecule has 0 atom stereocenters. The van der Waals surface area contributed by atoms with Crippen LogP contribution in [0.5, 0.6) is 23.0 Å². The lowest BCUT2D eigenvalue weighted by molar-refractivity contribution is 0.464. The zero-order chi connectivity index (χ0) is 38.4. The van der Waals surface area contributed by atoms with Crippen molar-refractivity contribution >= 4 is 43.6 Å². The van der Waals surface area contributed by atoms with E-state index in [4.69, 9.17) is 19.4 Å². The molecule has 6 aromatic carbocycles. The zero-order valence-corrected chi connectivity index (χ0v) is 31.0. The van der Waals surface area contributed by atoms with Crippen LogP contribution in [0.2, 0.25) is 0 Å². The molecule has 0 aliphatic heterocycles. The summed E-state index contributed by atoms with van der Waals surface area (Å²) in [6.07, 6.45) is 7.11. The van der Waals surface area contributed by atoms with Crippen LogP contribution in [0, 0.1) is 0 Å². The fraction of sp³-hybridized carbons (Fsp3) is 0. The molecule has 11 rings (SSSR count). The number of ether oxygens (including phenoxy) is 2. The van der Waals surface area contributed by atoms with Gasteiger partial charge in [-0.2, -0.15) is 0 Å². The van der Waals surface area contributed by atoms with Gasteiger partial charge in [0, 0.05) is 64.0 Å². The molecule has 0 aliphatic rings. The molecule has 8 nitrogen and oxygen atoms in total. The summed E-state index contributed by atoms with van der Waals surface area (Å²) in [7, 11) is 0. The first-order valence-electron chi connectivity index (χ1n) is 19.0. The number of benzene rings is 6. The van der Waals surface area contributed by atoms with Crippen LogP contribution in [0.15, 0.2) is 195 Å². The molecule has 0 spiro atoms. The van der Waals surface area contributed by atoms with Crippen LogP contribution >= 0.6 is 0 Å². The second kappa shape index (κ2) is 13.9. The Hall–Kier alpha value is -8.10. The highest BCUT2D eigenvalue weighted by molar-refractivity contribution is 6.10. The van der Waals surface area contributed by atoms with Crippen LogP contribution in [-0.4, -0.2) is 29.1 Å². The number of nitrogens with zero attached hydrogens (tertiary/aromatic N) is 6. The third kappa shape index (κ3) is 5.70. The maximum absolute atomic E-state index is 7.00. The average Bonchev–Trinajstić information content (AvgIpc) is 3.79. The molecule has 58 heavy (non-hydrogen) atoms. The molecule has 5 heterocycles. The zero-order valence-electron chi connectivity index (χ0n) is 31.0. The van der Waals surface area contributed by atoms with Crippen LogP contribution in [0.3, 0.4) is 0 Å². The minimum atomic E-state index is 0.549. The van der Waals surface area contributed by atoms with E-state index in [0.717, 1.165) is 71.9 Å². The average molecular weight is 749 g/mol. The fourth-order valence-corrected chi connectivity index (χ4v) is 7.96. The molecule has 0 unspecified atom stereocenters. The first-order chi connectivity index (χ1) is 28.8. The Bertz CT molecular complexity index is 3090. The van der Waals surface area contributed by atoms with Gasteiger partial charge in [-0.3, -0.25) is 9.13 Å². The van der Waals surface area contributed by atoms with Crippen LogP contribution in [-0.2, 0) is 0 Å². The van der Waals surface area contributed by atoms with E-state index < -0.39 is 0 Å². The highest BCUT2D eigenvalue weighted by Crippen LogP contribution is 2.46.